The zero-order chi connectivity index (χ0) is 13.9. The van der Waals surface area contributed by atoms with E-state index < -0.39 is 5.60 Å². The van der Waals surface area contributed by atoms with Gasteiger partial charge in [0, 0.05) is 38.8 Å². The lowest BCUT2D eigenvalue weighted by Crippen LogP contribution is -2.41. The van der Waals surface area contributed by atoms with Crippen molar-refractivity contribution in [1.82, 2.24) is 9.80 Å². The molecule has 0 saturated carbocycles. The van der Waals surface area contributed by atoms with Crippen molar-refractivity contribution in [1.29, 1.82) is 0 Å². The molecule has 2 fully saturated rings. The van der Waals surface area contributed by atoms with Gasteiger partial charge >= 0.3 is 6.09 Å². The third kappa shape index (κ3) is 4.35. The molecule has 1 atom stereocenters. The monoisotopic (exact) mass is 270 g/mol. The summed E-state index contributed by atoms with van der Waals surface area (Å²) in [6, 6.07) is 0.467. The van der Waals surface area contributed by atoms with Crippen LogP contribution in [-0.4, -0.2) is 66.9 Å². The Morgan fingerprint density at radius 3 is 2.74 bits per heavy atom. The van der Waals surface area contributed by atoms with E-state index >= 15 is 0 Å². The molecule has 1 amide bonds. The molecule has 0 aromatic carbocycles. The molecule has 0 N–H and O–H groups in total. The van der Waals surface area contributed by atoms with Gasteiger partial charge in [0.2, 0.25) is 0 Å². The number of ether oxygens (including phenoxy) is 2. The predicted octanol–water partition coefficient (Wildman–Crippen LogP) is 1.72. The smallest absolute Gasteiger partial charge is 0.410 e. The highest BCUT2D eigenvalue weighted by Crippen LogP contribution is 2.19. The SMILES string of the molecule is CC(C)(C)OC(=O)N1CC[C@@H](N2CCCOCC2)C1. The number of rotatable bonds is 1. The van der Waals surface area contributed by atoms with Gasteiger partial charge in [0.15, 0.2) is 0 Å². The van der Waals surface area contributed by atoms with Gasteiger partial charge in [0.25, 0.3) is 0 Å². The topological polar surface area (TPSA) is 42.0 Å². The van der Waals surface area contributed by atoms with Crippen molar-refractivity contribution in [3.63, 3.8) is 0 Å². The molecule has 2 heterocycles. The molecule has 0 radical (unpaired) electrons. The number of carbonyl (C=O) groups excluding carboxylic acids is 1. The summed E-state index contributed by atoms with van der Waals surface area (Å²) in [6.45, 7) is 11.0. The van der Waals surface area contributed by atoms with E-state index in [1.807, 2.05) is 25.7 Å². The number of nitrogens with zero attached hydrogens (tertiary/aromatic N) is 2. The van der Waals surface area contributed by atoms with E-state index in [2.05, 4.69) is 4.90 Å². The fourth-order valence-corrected chi connectivity index (χ4v) is 2.66. The summed E-state index contributed by atoms with van der Waals surface area (Å²) in [5.74, 6) is 0. The van der Waals surface area contributed by atoms with Gasteiger partial charge in [-0.25, -0.2) is 4.79 Å². The molecule has 110 valence electrons. The van der Waals surface area contributed by atoms with E-state index in [0.29, 0.717) is 6.04 Å². The Morgan fingerprint density at radius 2 is 2.00 bits per heavy atom. The van der Waals surface area contributed by atoms with Crippen molar-refractivity contribution in [2.75, 3.05) is 39.4 Å². The Bertz CT molecular complexity index is 306. The van der Waals surface area contributed by atoms with Crippen LogP contribution >= 0.6 is 0 Å². The minimum atomic E-state index is -0.411. The molecule has 0 aromatic heterocycles. The molecular formula is C14H26N2O3. The van der Waals surface area contributed by atoms with Crippen molar-refractivity contribution in [2.24, 2.45) is 0 Å². The van der Waals surface area contributed by atoms with Gasteiger partial charge in [0.1, 0.15) is 5.60 Å². The van der Waals surface area contributed by atoms with E-state index in [4.69, 9.17) is 9.47 Å². The minimum Gasteiger partial charge on any atom is -0.444 e. The average molecular weight is 270 g/mol. The summed E-state index contributed by atoms with van der Waals surface area (Å²) >= 11 is 0. The molecule has 5 nitrogen and oxygen atoms in total. The lowest BCUT2D eigenvalue weighted by atomic mass is 10.2. The van der Waals surface area contributed by atoms with Gasteiger partial charge < -0.3 is 14.4 Å². The van der Waals surface area contributed by atoms with Crippen LogP contribution in [0, 0.1) is 0 Å². The van der Waals surface area contributed by atoms with Gasteiger partial charge in [-0.15, -0.1) is 0 Å². The van der Waals surface area contributed by atoms with Crippen LogP contribution in [0.4, 0.5) is 4.79 Å². The van der Waals surface area contributed by atoms with Crippen LogP contribution in [-0.2, 0) is 9.47 Å². The molecular weight excluding hydrogens is 244 g/mol. The van der Waals surface area contributed by atoms with Gasteiger partial charge in [-0.3, -0.25) is 4.90 Å². The van der Waals surface area contributed by atoms with Crippen LogP contribution < -0.4 is 0 Å². The molecule has 2 aliphatic rings. The van der Waals surface area contributed by atoms with E-state index in [1.54, 1.807) is 0 Å². The highest BCUT2D eigenvalue weighted by molar-refractivity contribution is 5.68. The largest absolute Gasteiger partial charge is 0.444 e. The molecule has 0 unspecified atom stereocenters. The van der Waals surface area contributed by atoms with E-state index in [0.717, 1.165) is 52.2 Å². The van der Waals surface area contributed by atoms with Crippen LogP contribution in [0.15, 0.2) is 0 Å². The van der Waals surface area contributed by atoms with Crippen molar-refractivity contribution >= 4 is 6.09 Å². The zero-order valence-corrected chi connectivity index (χ0v) is 12.4. The van der Waals surface area contributed by atoms with Crippen LogP contribution in [0.1, 0.15) is 33.6 Å². The van der Waals surface area contributed by atoms with Crippen molar-refractivity contribution in [3.8, 4) is 0 Å². The standard InChI is InChI=1S/C14H26N2O3/c1-14(2,3)19-13(17)16-7-5-12(11-16)15-6-4-9-18-10-8-15/h12H,4-11H2,1-3H3/t12-/m1/s1. The number of hydrogen-bond acceptors (Lipinski definition) is 4. The predicted molar refractivity (Wildman–Crippen MR) is 73.2 cm³/mol. The maximum absolute atomic E-state index is 12.0. The minimum absolute atomic E-state index is 0.180. The third-order valence-electron chi connectivity index (χ3n) is 3.59. The Hall–Kier alpha value is -0.810. The second-order valence-electron chi connectivity index (χ2n) is 6.37. The molecule has 2 rings (SSSR count). The lowest BCUT2D eigenvalue weighted by molar-refractivity contribution is 0.0279. The van der Waals surface area contributed by atoms with E-state index in [1.165, 1.54) is 0 Å². The maximum Gasteiger partial charge on any atom is 0.410 e. The maximum atomic E-state index is 12.0. The first kappa shape index (κ1) is 14.6. The number of carbonyl (C=O) groups is 1. The third-order valence-corrected chi connectivity index (χ3v) is 3.59. The molecule has 0 aromatic rings. The molecule has 5 heteroatoms. The summed E-state index contributed by atoms with van der Waals surface area (Å²) in [7, 11) is 0. The van der Waals surface area contributed by atoms with Crippen LogP contribution in [0.2, 0.25) is 0 Å². The van der Waals surface area contributed by atoms with Gasteiger partial charge in [0.05, 0.1) is 6.61 Å². The fraction of sp³-hybridized carbons (Fsp3) is 0.929. The van der Waals surface area contributed by atoms with Crippen molar-refractivity contribution in [3.05, 3.63) is 0 Å². The van der Waals surface area contributed by atoms with Gasteiger partial charge in [-0.05, 0) is 33.6 Å². The summed E-state index contributed by atoms with van der Waals surface area (Å²) < 4.78 is 10.9. The average Bonchev–Trinajstić information content (AvgIpc) is 2.64. The highest BCUT2D eigenvalue weighted by Gasteiger charge is 2.32. The molecule has 19 heavy (non-hydrogen) atoms. The summed E-state index contributed by atoms with van der Waals surface area (Å²) in [5.41, 5.74) is -0.411. The first-order chi connectivity index (χ1) is 8.96. The van der Waals surface area contributed by atoms with Gasteiger partial charge in [-0.2, -0.15) is 0 Å². The molecule has 2 saturated heterocycles. The van der Waals surface area contributed by atoms with Gasteiger partial charge in [-0.1, -0.05) is 0 Å². The summed E-state index contributed by atoms with van der Waals surface area (Å²) in [6.07, 6.45) is 1.95. The number of likely N-dealkylation sites (tertiary alicyclic amines) is 1. The summed E-state index contributed by atoms with van der Waals surface area (Å²) in [4.78, 5) is 16.3. The molecule has 0 aliphatic carbocycles. The summed E-state index contributed by atoms with van der Waals surface area (Å²) in [5, 5.41) is 0. The number of amides is 1. The quantitative estimate of drug-likeness (QED) is 0.727. The Balaban J connectivity index is 1.83. The highest BCUT2D eigenvalue weighted by atomic mass is 16.6. The zero-order valence-electron chi connectivity index (χ0n) is 12.4. The first-order valence-electron chi connectivity index (χ1n) is 7.25. The Morgan fingerprint density at radius 1 is 1.21 bits per heavy atom. The Kier molecular flexibility index (Phi) is 4.68. The first-order valence-corrected chi connectivity index (χ1v) is 7.25. The second kappa shape index (κ2) is 6.09. The number of hydrogen-bond donors (Lipinski definition) is 0. The lowest BCUT2D eigenvalue weighted by Gasteiger charge is -2.28. The van der Waals surface area contributed by atoms with E-state index in [9.17, 15) is 4.79 Å². The molecule has 0 bridgehead atoms. The van der Waals surface area contributed by atoms with Crippen molar-refractivity contribution in [2.45, 2.75) is 45.3 Å². The normalized spacial score (nSPS) is 26.3. The van der Waals surface area contributed by atoms with Crippen molar-refractivity contribution < 1.29 is 14.3 Å². The second-order valence-corrected chi connectivity index (χ2v) is 6.37. The molecule has 0 spiro atoms. The fourth-order valence-electron chi connectivity index (χ4n) is 2.66. The van der Waals surface area contributed by atoms with E-state index in [-0.39, 0.29) is 6.09 Å². The van der Waals surface area contributed by atoms with Crippen LogP contribution in [0.3, 0.4) is 0 Å². The van der Waals surface area contributed by atoms with Crippen LogP contribution in [0.25, 0.3) is 0 Å². The van der Waals surface area contributed by atoms with Crippen LogP contribution in [0.5, 0.6) is 0 Å². The Labute approximate surface area is 115 Å². The molecule has 2 aliphatic heterocycles.